The van der Waals surface area contributed by atoms with Gasteiger partial charge in [0.1, 0.15) is 11.6 Å². The van der Waals surface area contributed by atoms with Gasteiger partial charge in [0, 0.05) is 24.8 Å². The lowest BCUT2D eigenvalue weighted by atomic mass is 9.89. The number of aromatic nitrogens is 1. The van der Waals surface area contributed by atoms with Gasteiger partial charge in [-0.2, -0.15) is 0 Å². The lowest BCUT2D eigenvalue weighted by Crippen LogP contribution is -2.33. The number of benzene rings is 1. The molecule has 0 aliphatic carbocycles. The van der Waals surface area contributed by atoms with Crippen molar-refractivity contribution in [1.82, 2.24) is 4.98 Å². The molecule has 1 saturated heterocycles. The number of pyridine rings is 1. The van der Waals surface area contributed by atoms with Gasteiger partial charge in [-0.3, -0.25) is 4.79 Å². The molecule has 0 bridgehead atoms. The summed E-state index contributed by atoms with van der Waals surface area (Å²) in [5.74, 6) is 0.927. The van der Waals surface area contributed by atoms with Gasteiger partial charge in [-0.15, -0.1) is 13.2 Å². The molecule has 0 atom stereocenters. The van der Waals surface area contributed by atoms with Gasteiger partial charge in [-0.05, 0) is 48.6 Å². The van der Waals surface area contributed by atoms with Gasteiger partial charge in [-0.1, -0.05) is 12.1 Å². The standard InChI is InChI=1S/C18H17F3N2O2/c19-18(20,21)25-16-4-2-14(3-5-16)15-7-9-23(10-8-15)17-6-1-13(12-24)11-22-17/h1-6,11-12,15H,7-10H2. The van der Waals surface area contributed by atoms with Crippen molar-refractivity contribution in [3.63, 3.8) is 0 Å². The lowest BCUT2D eigenvalue weighted by Gasteiger charge is -2.33. The van der Waals surface area contributed by atoms with Crippen LogP contribution in [0.1, 0.15) is 34.7 Å². The maximum atomic E-state index is 12.2. The second-order valence-electron chi connectivity index (χ2n) is 5.95. The van der Waals surface area contributed by atoms with E-state index >= 15 is 0 Å². The van der Waals surface area contributed by atoms with Crippen LogP contribution >= 0.6 is 0 Å². The van der Waals surface area contributed by atoms with Crippen molar-refractivity contribution >= 4 is 12.1 Å². The van der Waals surface area contributed by atoms with E-state index in [9.17, 15) is 18.0 Å². The second-order valence-corrected chi connectivity index (χ2v) is 5.95. The van der Waals surface area contributed by atoms with Gasteiger partial charge in [0.2, 0.25) is 0 Å². The third-order valence-electron chi connectivity index (χ3n) is 4.31. The molecule has 1 aromatic carbocycles. The van der Waals surface area contributed by atoms with Crippen LogP contribution in [0.25, 0.3) is 0 Å². The first-order valence-electron chi connectivity index (χ1n) is 7.96. The predicted molar refractivity (Wildman–Crippen MR) is 86.9 cm³/mol. The summed E-state index contributed by atoms with van der Waals surface area (Å²) in [5.41, 5.74) is 1.55. The van der Waals surface area contributed by atoms with Crippen LogP contribution in [0.15, 0.2) is 42.6 Å². The zero-order valence-corrected chi connectivity index (χ0v) is 13.4. The quantitative estimate of drug-likeness (QED) is 0.776. The molecule has 25 heavy (non-hydrogen) atoms. The van der Waals surface area contributed by atoms with Crippen molar-refractivity contribution in [3.05, 3.63) is 53.7 Å². The van der Waals surface area contributed by atoms with Crippen molar-refractivity contribution in [2.45, 2.75) is 25.1 Å². The van der Waals surface area contributed by atoms with Gasteiger partial charge in [0.25, 0.3) is 0 Å². The molecule has 132 valence electrons. The normalized spacial score (nSPS) is 15.9. The topological polar surface area (TPSA) is 42.4 Å². The Balaban J connectivity index is 1.59. The summed E-state index contributed by atoms with van der Waals surface area (Å²) >= 11 is 0. The Morgan fingerprint density at radius 1 is 1.08 bits per heavy atom. The van der Waals surface area contributed by atoms with E-state index in [0.29, 0.717) is 11.5 Å². The van der Waals surface area contributed by atoms with E-state index in [4.69, 9.17) is 0 Å². The minimum atomic E-state index is -4.67. The summed E-state index contributed by atoms with van der Waals surface area (Å²) in [6.07, 6.45) is -0.588. The highest BCUT2D eigenvalue weighted by Crippen LogP contribution is 2.31. The fourth-order valence-electron chi connectivity index (χ4n) is 3.04. The number of halogens is 3. The number of piperidine rings is 1. The number of alkyl halides is 3. The number of carbonyl (C=O) groups excluding carboxylic acids is 1. The fourth-order valence-corrected chi connectivity index (χ4v) is 3.04. The summed E-state index contributed by atoms with van der Waals surface area (Å²) in [5, 5.41) is 0. The minimum absolute atomic E-state index is 0.201. The average Bonchev–Trinajstić information content (AvgIpc) is 2.61. The molecule has 0 amide bonds. The Kier molecular flexibility index (Phi) is 4.92. The first kappa shape index (κ1) is 17.3. The number of carbonyl (C=O) groups is 1. The van der Waals surface area contributed by atoms with Gasteiger partial charge in [0.15, 0.2) is 6.29 Å². The van der Waals surface area contributed by atoms with Crippen molar-refractivity contribution < 1.29 is 22.7 Å². The van der Waals surface area contributed by atoms with E-state index in [0.717, 1.165) is 43.6 Å². The highest BCUT2D eigenvalue weighted by molar-refractivity contribution is 5.74. The van der Waals surface area contributed by atoms with Gasteiger partial charge >= 0.3 is 6.36 Å². The Hall–Kier alpha value is -2.57. The van der Waals surface area contributed by atoms with Crippen LogP contribution < -0.4 is 9.64 Å². The molecule has 0 saturated carbocycles. The molecule has 0 N–H and O–H groups in total. The molecule has 2 aromatic rings. The van der Waals surface area contributed by atoms with Crippen molar-refractivity contribution in [3.8, 4) is 5.75 Å². The molecule has 3 rings (SSSR count). The molecule has 0 spiro atoms. The summed E-state index contributed by atoms with van der Waals surface area (Å²) < 4.78 is 40.5. The average molecular weight is 350 g/mol. The molecule has 1 aromatic heterocycles. The van der Waals surface area contributed by atoms with Crippen molar-refractivity contribution in [2.24, 2.45) is 0 Å². The van der Waals surface area contributed by atoms with Crippen LogP contribution in [0.5, 0.6) is 5.75 Å². The van der Waals surface area contributed by atoms with Crippen molar-refractivity contribution in [1.29, 1.82) is 0 Å². The Bertz CT molecular complexity index is 707. The maximum Gasteiger partial charge on any atom is 0.573 e. The third-order valence-corrected chi connectivity index (χ3v) is 4.31. The number of aldehydes is 1. The van der Waals surface area contributed by atoms with E-state index in [1.54, 1.807) is 24.4 Å². The van der Waals surface area contributed by atoms with E-state index in [1.807, 2.05) is 6.07 Å². The van der Waals surface area contributed by atoms with E-state index in [2.05, 4.69) is 14.6 Å². The Labute approximate surface area is 143 Å². The smallest absolute Gasteiger partial charge is 0.406 e. The molecule has 0 radical (unpaired) electrons. The number of hydrogen-bond acceptors (Lipinski definition) is 4. The van der Waals surface area contributed by atoms with Crippen LogP contribution in [0, 0.1) is 0 Å². The Morgan fingerprint density at radius 2 is 1.76 bits per heavy atom. The van der Waals surface area contributed by atoms with Gasteiger partial charge in [0.05, 0.1) is 0 Å². The number of rotatable bonds is 4. The summed E-state index contributed by atoms with van der Waals surface area (Å²) in [6.45, 7) is 1.61. The highest BCUT2D eigenvalue weighted by Gasteiger charge is 2.31. The van der Waals surface area contributed by atoms with Gasteiger partial charge < -0.3 is 9.64 Å². The molecule has 1 aliphatic rings. The largest absolute Gasteiger partial charge is 0.573 e. The molecule has 4 nitrogen and oxygen atoms in total. The van der Waals surface area contributed by atoms with Crippen molar-refractivity contribution in [2.75, 3.05) is 18.0 Å². The first-order valence-corrected chi connectivity index (χ1v) is 7.96. The first-order chi connectivity index (χ1) is 11.9. The summed E-state index contributed by atoms with van der Waals surface area (Å²) in [4.78, 5) is 17.1. The van der Waals surface area contributed by atoms with E-state index in [-0.39, 0.29) is 5.75 Å². The molecular formula is C18H17F3N2O2. The minimum Gasteiger partial charge on any atom is -0.406 e. The Morgan fingerprint density at radius 3 is 2.28 bits per heavy atom. The fraction of sp³-hybridized carbons (Fsp3) is 0.333. The SMILES string of the molecule is O=Cc1ccc(N2CCC(c3ccc(OC(F)(F)F)cc3)CC2)nc1. The van der Waals surface area contributed by atoms with E-state index < -0.39 is 6.36 Å². The monoisotopic (exact) mass is 350 g/mol. The van der Waals surface area contributed by atoms with Crippen LogP contribution in [0.4, 0.5) is 19.0 Å². The zero-order valence-electron chi connectivity index (χ0n) is 13.4. The number of nitrogens with zero attached hydrogens (tertiary/aromatic N) is 2. The van der Waals surface area contributed by atoms with Crippen LogP contribution in [0.2, 0.25) is 0 Å². The molecule has 0 unspecified atom stereocenters. The zero-order chi connectivity index (χ0) is 17.9. The molecule has 1 fully saturated rings. The van der Waals surface area contributed by atoms with Crippen LogP contribution in [-0.4, -0.2) is 30.7 Å². The molecule has 2 heterocycles. The second kappa shape index (κ2) is 7.13. The highest BCUT2D eigenvalue weighted by atomic mass is 19.4. The van der Waals surface area contributed by atoms with Gasteiger partial charge in [-0.25, -0.2) is 4.98 Å². The lowest BCUT2D eigenvalue weighted by molar-refractivity contribution is -0.274. The molecule has 1 aliphatic heterocycles. The van der Waals surface area contributed by atoms with E-state index in [1.165, 1.54) is 12.1 Å². The third kappa shape index (κ3) is 4.49. The summed E-state index contributed by atoms with van der Waals surface area (Å²) in [7, 11) is 0. The van der Waals surface area contributed by atoms with Crippen LogP contribution in [0.3, 0.4) is 0 Å². The number of hydrogen-bond donors (Lipinski definition) is 0. The number of ether oxygens (including phenoxy) is 1. The predicted octanol–water partition coefficient (Wildman–Crippen LogP) is 4.18. The maximum absolute atomic E-state index is 12.2. The molecular weight excluding hydrogens is 333 g/mol. The molecule has 7 heteroatoms. The van der Waals surface area contributed by atoms with Crippen LogP contribution in [-0.2, 0) is 0 Å². The summed E-state index contributed by atoms with van der Waals surface area (Å²) in [6, 6.07) is 9.66. The number of anilines is 1.